The van der Waals surface area contributed by atoms with Crippen molar-refractivity contribution in [2.24, 2.45) is 0 Å². The van der Waals surface area contributed by atoms with Gasteiger partial charge in [-0.05, 0) is 61.2 Å². The summed E-state index contributed by atoms with van der Waals surface area (Å²) < 4.78 is 5.76. The zero-order chi connectivity index (χ0) is 17.3. The monoisotopic (exact) mass is 343 g/mol. The Morgan fingerprint density at radius 2 is 1.92 bits per heavy atom. The predicted molar refractivity (Wildman–Crippen MR) is 93.6 cm³/mol. The summed E-state index contributed by atoms with van der Waals surface area (Å²) >= 11 is 6.07. The first kappa shape index (κ1) is 16.5. The van der Waals surface area contributed by atoms with Gasteiger partial charge in [-0.15, -0.1) is 0 Å². The molecule has 124 valence electrons. The molecule has 24 heavy (non-hydrogen) atoms. The van der Waals surface area contributed by atoms with Gasteiger partial charge in [0, 0.05) is 19.0 Å². The van der Waals surface area contributed by atoms with Gasteiger partial charge in [-0.25, -0.2) is 4.98 Å². The summed E-state index contributed by atoms with van der Waals surface area (Å²) in [4.78, 5) is 16.4. The average Bonchev–Trinajstić information content (AvgIpc) is 2.52. The van der Waals surface area contributed by atoms with Crippen LogP contribution in [0.2, 0.25) is 5.02 Å². The molecule has 0 fully saturated rings. The van der Waals surface area contributed by atoms with Crippen molar-refractivity contribution < 1.29 is 14.6 Å². The number of carbonyl (C=O) groups excluding carboxylic acids is 1. The minimum absolute atomic E-state index is 0.00797. The van der Waals surface area contributed by atoms with E-state index < -0.39 is 0 Å². The molecule has 0 saturated carbocycles. The Bertz CT molecular complexity index is 819. The third-order valence-corrected chi connectivity index (χ3v) is 4.37. The zero-order valence-corrected chi connectivity index (χ0v) is 14.4. The van der Waals surface area contributed by atoms with E-state index in [4.69, 9.17) is 16.3 Å². The van der Waals surface area contributed by atoms with E-state index in [-0.39, 0.29) is 11.5 Å². The number of halogens is 1. The molecule has 0 spiro atoms. The van der Waals surface area contributed by atoms with Gasteiger partial charge in [0.05, 0.1) is 5.57 Å². The highest BCUT2D eigenvalue weighted by molar-refractivity contribution is 6.31. The van der Waals surface area contributed by atoms with Crippen LogP contribution < -0.4 is 4.74 Å². The summed E-state index contributed by atoms with van der Waals surface area (Å²) in [6, 6.07) is 7.10. The summed E-state index contributed by atoms with van der Waals surface area (Å²) in [6.45, 7) is 3.80. The highest BCUT2D eigenvalue weighted by atomic mass is 35.5. The van der Waals surface area contributed by atoms with E-state index in [1.807, 2.05) is 26.0 Å². The Balaban J connectivity index is 2.01. The standard InChI is InChI=1S/C19H18ClNO3/c1-11-9-13(24-19-14(20)5-4-8-21-19)10-12(2)17(11)18-15(22)6-3-7-16(18)23/h4-5,8-10,22H,3,6-7H2,1-2H3. The molecule has 0 atom stereocenters. The number of benzene rings is 1. The number of ketones is 1. The van der Waals surface area contributed by atoms with E-state index in [0.29, 0.717) is 41.5 Å². The van der Waals surface area contributed by atoms with Gasteiger partial charge in [0.2, 0.25) is 5.88 Å². The Labute approximate surface area is 145 Å². The fourth-order valence-corrected chi connectivity index (χ4v) is 3.21. The van der Waals surface area contributed by atoms with E-state index in [1.165, 1.54) is 0 Å². The molecular formula is C19H18ClNO3. The highest BCUT2D eigenvalue weighted by Crippen LogP contribution is 2.36. The first-order chi connectivity index (χ1) is 11.5. The SMILES string of the molecule is Cc1cc(Oc2ncccc2Cl)cc(C)c1C1=C(O)CCCC1=O. The van der Waals surface area contributed by atoms with Crippen LogP contribution in [0.4, 0.5) is 0 Å². The molecule has 1 aromatic carbocycles. The van der Waals surface area contributed by atoms with Crippen molar-refractivity contribution in [3.8, 4) is 11.6 Å². The van der Waals surface area contributed by atoms with Gasteiger partial charge >= 0.3 is 0 Å². The molecule has 0 amide bonds. The lowest BCUT2D eigenvalue weighted by Crippen LogP contribution is -2.12. The molecule has 0 radical (unpaired) electrons. The molecule has 2 aromatic rings. The minimum atomic E-state index is -0.00797. The van der Waals surface area contributed by atoms with Gasteiger partial charge in [0.1, 0.15) is 16.5 Å². The fraction of sp³-hybridized carbons (Fsp3) is 0.263. The number of hydrogen-bond acceptors (Lipinski definition) is 4. The Morgan fingerprint density at radius 3 is 2.54 bits per heavy atom. The highest BCUT2D eigenvalue weighted by Gasteiger charge is 2.25. The number of aromatic nitrogens is 1. The maximum atomic E-state index is 12.3. The normalized spacial score (nSPS) is 14.9. The third kappa shape index (κ3) is 3.15. The predicted octanol–water partition coefficient (Wildman–Crippen LogP) is 5.17. The van der Waals surface area contributed by atoms with Crippen LogP contribution in [0.1, 0.15) is 36.0 Å². The van der Waals surface area contributed by atoms with Crippen LogP contribution in [-0.2, 0) is 4.79 Å². The van der Waals surface area contributed by atoms with Crippen LogP contribution in [0.25, 0.3) is 5.57 Å². The number of rotatable bonds is 3. The molecule has 0 aliphatic heterocycles. The molecule has 1 aliphatic carbocycles. The van der Waals surface area contributed by atoms with Crippen molar-refractivity contribution in [2.75, 3.05) is 0 Å². The van der Waals surface area contributed by atoms with Crippen molar-refractivity contribution in [3.63, 3.8) is 0 Å². The summed E-state index contributed by atoms with van der Waals surface area (Å²) in [7, 11) is 0. The molecule has 4 nitrogen and oxygen atoms in total. The third-order valence-electron chi connectivity index (χ3n) is 4.08. The van der Waals surface area contributed by atoms with Crippen molar-refractivity contribution in [2.45, 2.75) is 33.1 Å². The fourth-order valence-electron chi connectivity index (χ4n) is 3.05. The van der Waals surface area contributed by atoms with Gasteiger partial charge in [-0.1, -0.05) is 11.6 Å². The first-order valence-electron chi connectivity index (χ1n) is 7.82. The lowest BCUT2D eigenvalue weighted by molar-refractivity contribution is -0.114. The van der Waals surface area contributed by atoms with E-state index in [2.05, 4.69) is 4.98 Å². The topological polar surface area (TPSA) is 59.4 Å². The van der Waals surface area contributed by atoms with Crippen LogP contribution in [0.5, 0.6) is 11.6 Å². The number of hydrogen-bond donors (Lipinski definition) is 1. The molecule has 1 aromatic heterocycles. The number of aryl methyl sites for hydroxylation is 2. The zero-order valence-electron chi connectivity index (χ0n) is 13.6. The van der Waals surface area contributed by atoms with Gasteiger partial charge < -0.3 is 9.84 Å². The molecule has 3 rings (SSSR count). The first-order valence-corrected chi connectivity index (χ1v) is 8.20. The molecule has 1 aliphatic rings. The number of ether oxygens (including phenoxy) is 1. The quantitative estimate of drug-likeness (QED) is 0.835. The minimum Gasteiger partial charge on any atom is -0.512 e. The van der Waals surface area contributed by atoms with Crippen molar-refractivity contribution in [3.05, 3.63) is 57.9 Å². The largest absolute Gasteiger partial charge is 0.512 e. The van der Waals surface area contributed by atoms with Crippen molar-refractivity contribution in [1.82, 2.24) is 4.98 Å². The second-order valence-electron chi connectivity index (χ2n) is 5.92. The number of aliphatic hydroxyl groups excluding tert-OH is 1. The summed E-state index contributed by atoms with van der Waals surface area (Å²) in [5.41, 5.74) is 2.97. The molecule has 5 heteroatoms. The Hall–Kier alpha value is -2.33. The van der Waals surface area contributed by atoms with Crippen LogP contribution in [0.15, 0.2) is 36.2 Å². The second-order valence-corrected chi connectivity index (χ2v) is 6.33. The van der Waals surface area contributed by atoms with E-state index in [0.717, 1.165) is 16.7 Å². The van der Waals surface area contributed by atoms with Gasteiger partial charge in [0.25, 0.3) is 0 Å². The molecule has 0 saturated heterocycles. The van der Waals surface area contributed by atoms with Crippen LogP contribution in [0, 0.1) is 13.8 Å². The summed E-state index contributed by atoms with van der Waals surface area (Å²) in [5.74, 6) is 1.10. The number of allylic oxidation sites excluding steroid dienone is 2. The molecule has 1 N–H and O–H groups in total. The van der Waals surface area contributed by atoms with Crippen molar-refractivity contribution >= 4 is 23.0 Å². The Kier molecular flexibility index (Phi) is 4.58. The second kappa shape index (κ2) is 6.65. The number of nitrogens with zero attached hydrogens (tertiary/aromatic N) is 1. The number of carbonyl (C=O) groups is 1. The molecule has 0 bridgehead atoms. The molecular weight excluding hydrogens is 326 g/mol. The maximum absolute atomic E-state index is 12.3. The van der Waals surface area contributed by atoms with E-state index >= 15 is 0 Å². The number of pyridine rings is 1. The average molecular weight is 344 g/mol. The van der Waals surface area contributed by atoms with Crippen LogP contribution >= 0.6 is 11.6 Å². The number of Topliss-reactive ketones (excluding diaryl/α,β-unsaturated/α-hetero) is 1. The lowest BCUT2D eigenvalue weighted by Gasteiger charge is -2.20. The van der Waals surface area contributed by atoms with Gasteiger partial charge in [0.15, 0.2) is 5.78 Å². The summed E-state index contributed by atoms with van der Waals surface area (Å²) in [5, 5.41) is 10.6. The van der Waals surface area contributed by atoms with Gasteiger partial charge in [-0.2, -0.15) is 0 Å². The Morgan fingerprint density at radius 1 is 1.21 bits per heavy atom. The van der Waals surface area contributed by atoms with Crippen LogP contribution in [-0.4, -0.2) is 15.9 Å². The van der Waals surface area contributed by atoms with E-state index in [9.17, 15) is 9.90 Å². The van der Waals surface area contributed by atoms with Gasteiger partial charge in [-0.3, -0.25) is 4.79 Å². The van der Waals surface area contributed by atoms with E-state index in [1.54, 1.807) is 18.3 Å². The molecule has 1 heterocycles. The molecule has 0 unspecified atom stereocenters. The van der Waals surface area contributed by atoms with Crippen LogP contribution in [0.3, 0.4) is 0 Å². The smallest absolute Gasteiger partial charge is 0.238 e. The summed E-state index contributed by atoms with van der Waals surface area (Å²) in [6.07, 6.45) is 3.33. The maximum Gasteiger partial charge on any atom is 0.238 e. The van der Waals surface area contributed by atoms with Crippen molar-refractivity contribution in [1.29, 1.82) is 0 Å². The number of aliphatic hydroxyl groups is 1. The lowest BCUT2D eigenvalue weighted by atomic mass is 9.86.